The maximum Gasteiger partial charge on any atom is 0.325 e. The normalized spacial score (nSPS) is 10.9. The Morgan fingerprint density at radius 1 is 1.21 bits per heavy atom. The third kappa shape index (κ3) is 4.64. The number of carbonyl (C=O) groups excluding carboxylic acids is 2. The van der Waals surface area contributed by atoms with Gasteiger partial charge in [-0.2, -0.15) is 5.10 Å². The molecule has 3 aromatic rings. The number of carbonyl (C=O) groups is 2. The number of nitro benzene ring substituents is 1. The first-order chi connectivity index (χ1) is 14.0. The SMILES string of the molecule is COC(=O)Cn1cc(/C=N/NC(=O)Cc2ccccc2[N+](=O)[O-])c2ccccc21. The number of ether oxygens (including phenoxy) is 1. The lowest BCUT2D eigenvalue weighted by atomic mass is 10.1. The Bertz CT molecular complexity index is 1100. The number of fused-ring (bicyclic) bond motifs is 1. The molecule has 3 rings (SSSR count). The van der Waals surface area contributed by atoms with Gasteiger partial charge in [-0.15, -0.1) is 0 Å². The number of nitro groups is 1. The second kappa shape index (κ2) is 8.79. The molecule has 0 radical (unpaired) electrons. The highest BCUT2D eigenvalue weighted by atomic mass is 16.6. The van der Waals surface area contributed by atoms with Gasteiger partial charge < -0.3 is 9.30 Å². The summed E-state index contributed by atoms with van der Waals surface area (Å²) in [5, 5.41) is 15.8. The molecule has 0 saturated heterocycles. The van der Waals surface area contributed by atoms with Crippen molar-refractivity contribution in [3.8, 4) is 0 Å². The molecule has 0 unspecified atom stereocenters. The van der Waals surface area contributed by atoms with E-state index in [1.807, 2.05) is 24.3 Å². The molecule has 1 amide bonds. The van der Waals surface area contributed by atoms with Gasteiger partial charge in [-0.3, -0.25) is 19.7 Å². The zero-order valence-electron chi connectivity index (χ0n) is 15.6. The van der Waals surface area contributed by atoms with Crippen LogP contribution in [0.15, 0.2) is 59.8 Å². The molecule has 9 nitrogen and oxygen atoms in total. The molecule has 0 aliphatic carbocycles. The second-order valence-electron chi connectivity index (χ2n) is 6.16. The maximum atomic E-state index is 12.1. The summed E-state index contributed by atoms with van der Waals surface area (Å²) in [6, 6.07) is 13.5. The molecular formula is C20H18N4O5. The van der Waals surface area contributed by atoms with Crippen molar-refractivity contribution in [3.63, 3.8) is 0 Å². The Morgan fingerprint density at radius 3 is 2.69 bits per heavy atom. The largest absolute Gasteiger partial charge is 0.468 e. The lowest BCUT2D eigenvalue weighted by Gasteiger charge is -2.02. The summed E-state index contributed by atoms with van der Waals surface area (Å²) in [5.41, 5.74) is 4.10. The fraction of sp³-hybridized carbons (Fsp3) is 0.150. The third-order valence-corrected chi connectivity index (χ3v) is 4.28. The van der Waals surface area contributed by atoms with Crippen molar-refractivity contribution in [1.29, 1.82) is 0 Å². The minimum Gasteiger partial charge on any atom is -0.468 e. The van der Waals surface area contributed by atoms with Crippen LogP contribution >= 0.6 is 0 Å². The smallest absolute Gasteiger partial charge is 0.325 e. The fourth-order valence-electron chi connectivity index (χ4n) is 2.94. The lowest BCUT2D eigenvalue weighted by Crippen LogP contribution is -2.20. The molecule has 1 N–H and O–H groups in total. The van der Waals surface area contributed by atoms with Crippen LogP contribution in [0, 0.1) is 10.1 Å². The van der Waals surface area contributed by atoms with Crippen molar-refractivity contribution in [2.24, 2.45) is 5.10 Å². The highest BCUT2D eigenvalue weighted by molar-refractivity contribution is 6.00. The van der Waals surface area contributed by atoms with Gasteiger partial charge in [-0.25, -0.2) is 5.43 Å². The van der Waals surface area contributed by atoms with Crippen molar-refractivity contribution in [3.05, 3.63) is 76.0 Å². The van der Waals surface area contributed by atoms with E-state index in [-0.39, 0.29) is 24.6 Å². The van der Waals surface area contributed by atoms with Crippen LogP contribution in [0.4, 0.5) is 5.69 Å². The number of hydrogen-bond acceptors (Lipinski definition) is 6. The molecule has 29 heavy (non-hydrogen) atoms. The van der Waals surface area contributed by atoms with Crippen LogP contribution < -0.4 is 5.43 Å². The Hall–Kier alpha value is -4.01. The van der Waals surface area contributed by atoms with Crippen molar-refractivity contribution < 1.29 is 19.2 Å². The quantitative estimate of drug-likeness (QED) is 0.286. The summed E-state index contributed by atoms with van der Waals surface area (Å²) < 4.78 is 6.44. The summed E-state index contributed by atoms with van der Waals surface area (Å²) in [7, 11) is 1.32. The molecule has 1 heterocycles. The molecule has 0 bridgehead atoms. The predicted octanol–water partition coefficient (Wildman–Crippen LogP) is 2.42. The zero-order valence-corrected chi connectivity index (χ0v) is 15.6. The monoisotopic (exact) mass is 394 g/mol. The van der Waals surface area contributed by atoms with Crippen LogP contribution in [-0.2, 0) is 27.3 Å². The molecule has 0 aliphatic rings. The van der Waals surface area contributed by atoms with Crippen LogP contribution in [0.2, 0.25) is 0 Å². The van der Waals surface area contributed by atoms with E-state index in [0.29, 0.717) is 11.1 Å². The Labute approximate surface area is 165 Å². The van der Waals surface area contributed by atoms with E-state index in [4.69, 9.17) is 4.74 Å². The van der Waals surface area contributed by atoms with Crippen LogP contribution in [0.3, 0.4) is 0 Å². The number of para-hydroxylation sites is 2. The van der Waals surface area contributed by atoms with Gasteiger partial charge >= 0.3 is 5.97 Å². The number of amides is 1. The zero-order chi connectivity index (χ0) is 20.8. The summed E-state index contributed by atoms with van der Waals surface area (Å²) >= 11 is 0. The number of methoxy groups -OCH3 is 1. The lowest BCUT2D eigenvalue weighted by molar-refractivity contribution is -0.385. The van der Waals surface area contributed by atoms with Crippen LogP contribution in [-0.4, -0.2) is 34.7 Å². The van der Waals surface area contributed by atoms with E-state index >= 15 is 0 Å². The van der Waals surface area contributed by atoms with Gasteiger partial charge in [-0.05, 0) is 6.07 Å². The Morgan fingerprint density at radius 2 is 1.93 bits per heavy atom. The second-order valence-corrected chi connectivity index (χ2v) is 6.16. The number of esters is 1. The van der Waals surface area contributed by atoms with Gasteiger partial charge in [-0.1, -0.05) is 36.4 Å². The number of hydrazone groups is 1. The molecule has 0 saturated carbocycles. The van der Waals surface area contributed by atoms with Gasteiger partial charge in [0.1, 0.15) is 6.54 Å². The molecule has 0 atom stereocenters. The minimum absolute atomic E-state index is 0.0505. The molecule has 9 heteroatoms. The van der Waals surface area contributed by atoms with E-state index in [9.17, 15) is 19.7 Å². The minimum atomic E-state index is -0.526. The number of hydrogen-bond donors (Lipinski definition) is 1. The fourth-order valence-corrected chi connectivity index (χ4v) is 2.94. The highest BCUT2D eigenvalue weighted by Crippen LogP contribution is 2.20. The molecule has 1 aromatic heterocycles. The van der Waals surface area contributed by atoms with Crippen LogP contribution in [0.25, 0.3) is 10.9 Å². The first-order valence-electron chi connectivity index (χ1n) is 8.68. The average Bonchev–Trinajstić information content (AvgIpc) is 3.05. The maximum absolute atomic E-state index is 12.1. The average molecular weight is 394 g/mol. The van der Waals surface area contributed by atoms with Gasteiger partial charge in [0, 0.05) is 34.3 Å². The molecular weight excluding hydrogens is 376 g/mol. The first kappa shape index (κ1) is 19.7. The van der Waals surface area contributed by atoms with Gasteiger partial charge in [0.25, 0.3) is 5.69 Å². The summed E-state index contributed by atoms with van der Waals surface area (Å²) in [4.78, 5) is 34.2. The first-order valence-corrected chi connectivity index (χ1v) is 8.68. The van der Waals surface area contributed by atoms with Gasteiger partial charge in [0.2, 0.25) is 5.91 Å². The van der Waals surface area contributed by atoms with Crippen molar-refractivity contribution in [2.45, 2.75) is 13.0 Å². The van der Waals surface area contributed by atoms with E-state index in [1.165, 1.54) is 25.5 Å². The van der Waals surface area contributed by atoms with E-state index in [1.54, 1.807) is 22.9 Å². The van der Waals surface area contributed by atoms with Crippen LogP contribution in [0.5, 0.6) is 0 Å². The predicted molar refractivity (Wildman–Crippen MR) is 106 cm³/mol. The van der Waals surface area contributed by atoms with E-state index in [0.717, 1.165) is 10.9 Å². The molecule has 0 fully saturated rings. The number of nitrogens with one attached hydrogen (secondary N) is 1. The molecule has 0 spiro atoms. The summed E-state index contributed by atoms with van der Waals surface area (Å²) in [6.07, 6.45) is 3.03. The van der Waals surface area contributed by atoms with Crippen LogP contribution in [0.1, 0.15) is 11.1 Å². The van der Waals surface area contributed by atoms with E-state index < -0.39 is 10.8 Å². The molecule has 0 aliphatic heterocycles. The third-order valence-electron chi connectivity index (χ3n) is 4.28. The number of benzene rings is 2. The number of rotatable bonds is 7. The topological polar surface area (TPSA) is 116 Å². The number of nitrogens with zero attached hydrogens (tertiary/aromatic N) is 3. The van der Waals surface area contributed by atoms with Crippen molar-refractivity contribution in [1.82, 2.24) is 9.99 Å². The van der Waals surface area contributed by atoms with Crippen molar-refractivity contribution in [2.75, 3.05) is 7.11 Å². The van der Waals surface area contributed by atoms with Gasteiger partial charge in [0.15, 0.2) is 0 Å². The Balaban J connectivity index is 1.74. The van der Waals surface area contributed by atoms with E-state index in [2.05, 4.69) is 10.5 Å². The Kier molecular flexibility index (Phi) is 5.98. The van der Waals surface area contributed by atoms with Crippen molar-refractivity contribution >= 4 is 34.7 Å². The number of aromatic nitrogens is 1. The molecule has 2 aromatic carbocycles. The summed E-state index contributed by atoms with van der Waals surface area (Å²) in [6.45, 7) is 0.0505. The molecule has 148 valence electrons. The highest BCUT2D eigenvalue weighted by Gasteiger charge is 2.15. The summed E-state index contributed by atoms with van der Waals surface area (Å²) in [5.74, 6) is -0.860. The van der Waals surface area contributed by atoms with Gasteiger partial charge in [0.05, 0.1) is 24.7 Å². The standard InChI is InChI=1S/C20H18N4O5/c1-29-20(26)13-23-12-15(16-7-3-5-9-18(16)23)11-21-22-19(25)10-14-6-2-4-8-17(14)24(27)28/h2-9,11-12H,10,13H2,1H3,(H,22,25)/b21-11+.